The summed E-state index contributed by atoms with van der Waals surface area (Å²) in [5.41, 5.74) is 0.111. The molecule has 5 rings (SSSR count). The van der Waals surface area contributed by atoms with Crippen LogP contribution in [-0.4, -0.2) is 71.0 Å². The van der Waals surface area contributed by atoms with E-state index in [-0.39, 0.29) is 30.0 Å². The molecular weight excluding hydrogens is 478 g/mol. The van der Waals surface area contributed by atoms with Gasteiger partial charge in [-0.05, 0) is 38.0 Å². The fraction of sp³-hybridized carbons (Fsp3) is 0.607. The summed E-state index contributed by atoms with van der Waals surface area (Å²) >= 11 is 0. The molecule has 0 aromatic carbocycles. The van der Waals surface area contributed by atoms with Crippen molar-refractivity contribution in [3.05, 3.63) is 47.8 Å². The molecule has 1 spiro atoms. The van der Waals surface area contributed by atoms with E-state index in [1.165, 1.54) is 7.11 Å². The average Bonchev–Trinajstić information content (AvgIpc) is 3.46. The van der Waals surface area contributed by atoms with Gasteiger partial charge in [0, 0.05) is 31.1 Å². The van der Waals surface area contributed by atoms with Gasteiger partial charge in [0.2, 0.25) is 0 Å². The molecule has 4 aliphatic rings. The van der Waals surface area contributed by atoms with Crippen LogP contribution in [0.1, 0.15) is 44.6 Å². The predicted octanol–water partition coefficient (Wildman–Crippen LogP) is 2.61. The van der Waals surface area contributed by atoms with Crippen molar-refractivity contribution < 1.29 is 38.4 Å². The van der Waals surface area contributed by atoms with Gasteiger partial charge in [0.05, 0.1) is 17.9 Å². The summed E-state index contributed by atoms with van der Waals surface area (Å²) in [5, 5.41) is 10.4. The minimum absolute atomic E-state index is 0.0292. The number of ether oxygens (including phenoxy) is 4. The first-order chi connectivity index (χ1) is 17.6. The third-order valence-corrected chi connectivity index (χ3v) is 8.70. The smallest absolute Gasteiger partial charge is 0.355 e. The number of carbonyl (C=O) groups excluding carboxylic acids is 3. The fourth-order valence-corrected chi connectivity index (χ4v) is 6.91. The molecule has 200 valence electrons. The molecular formula is C28H35NO8. The lowest BCUT2D eigenvalue weighted by Gasteiger charge is -2.45. The van der Waals surface area contributed by atoms with Crippen molar-refractivity contribution in [1.29, 1.82) is 0 Å². The first kappa shape index (κ1) is 25.9. The quantitative estimate of drug-likeness (QED) is 0.465. The van der Waals surface area contributed by atoms with Crippen LogP contribution >= 0.6 is 0 Å². The zero-order valence-electron chi connectivity index (χ0n) is 21.7. The second-order valence-electron chi connectivity index (χ2n) is 10.9. The van der Waals surface area contributed by atoms with Crippen LogP contribution in [-0.2, 0) is 28.5 Å². The normalized spacial score (nSPS) is 43.3. The van der Waals surface area contributed by atoms with Crippen molar-refractivity contribution in [2.24, 2.45) is 29.6 Å². The lowest BCUT2D eigenvalue weighted by molar-refractivity contribution is -0.172. The topological polar surface area (TPSA) is 124 Å². The minimum atomic E-state index is -1.03. The molecule has 0 radical (unpaired) electrons. The zero-order chi connectivity index (χ0) is 26.6. The van der Waals surface area contributed by atoms with Gasteiger partial charge in [-0.3, -0.25) is 4.79 Å². The Hall–Kier alpha value is -2.75. The van der Waals surface area contributed by atoms with Gasteiger partial charge in [-0.1, -0.05) is 32.1 Å². The SMILES string of the molecule is CO[C@H]1C[C@H]2C=C[C@H]3[C@H]4O[C@]2(/C(C)=C/[C@@H](C)[C@@H](C(C)O)OC1=O)[C@@H]3C(=O)[C@@H](C)[C@H]4OC(=O)c1ccc[nH]1. The number of Topliss-reactive ketones (excluding diaryl/α,β-unsaturated/α-hetero) is 1. The van der Waals surface area contributed by atoms with E-state index >= 15 is 0 Å². The summed E-state index contributed by atoms with van der Waals surface area (Å²) in [5.74, 6) is -3.16. The maximum Gasteiger partial charge on any atom is 0.355 e. The van der Waals surface area contributed by atoms with Crippen LogP contribution in [0, 0.1) is 29.6 Å². The Morgan fingerprint density at radius 2 is 2.03 bits per heavy atom. The van der Waals surface area contributed by atoms with Gasteiger partial charge in [0.25, 0.3) is 0 Å². The Labute approximate surface area is 216 Å². The van der Waals surface area contributed by atoms with Crippen LogP contribution in [0.2, 0.25) is 0 Å². The lowest BCUT2D eigenvalue weighted by atomic mass is 9.58. The predicted molar refractivity (Wildman–Crippen MR) is 131 cm³/mol. The van der Waals surface area contributed by atoms with E-state index in [0.717, 1.165) is 5.57 Å². The number of aromatic nitrogens is 1. The number of carbonyl (C=O) groups is 3. The summed E-state index contributed by atoms with van der Waals surface area (Å²) in [6.45, 7) is 7.17. The summed E-state index contributed by atoms with van der Waals surface area (Å²) < 4.78 is 24.0. The van der Waals surface area contributed by atoms with Gasteiger partial charge in [0.15, 0.2) is 6.10 Å². The van der Waals surface area contributed by atoms with E-state index < -0.39 is 59.9 Å². The van der Waals surface area contributed by atoms with Crippen LogP contribution in [0.4, 0.5) is 0 Å². The fourth-order valence-electron chi connectivity index (χ4n) is 6.91. The number of esters is 2. The molecule has 1 saturated heterocycles. The maximum atomic E-state index is 14.0. The van der Waals surface area contributed by atoms with Crippen molar-refractivity contribution in [2.45, 2.75) is 70.2 Å². The van der Waals surface area contributed by atoms with Gasteiger partial charge in [-0.2, -0.15) is 0 Å². The third-order valence-electron chi connectivity index (χ3n) is 8.70. The number of hydrogen-bond acceptors (Lipinski definition) is 8. The van der Waals surface area contributed by atoms with Crippen LogP contribution < -0.4 is 0 Å². The van der Waals surface area contributed by atoms with Crippen molar-refractivity contribution in [2.75, 3.05) is 7.11 Å². The molecule has 4 bridgehead atoms. The highest BCUT2D eigenvalue weighted by molar-refractivity contribution is 5.91. The number of aliphatic hydroxyl groups excluding tert-OH is 1. The number of aromatic amines is 1. The van der Waals surface area contributed by atoms with Gasteiger partial charge in [-0.25, -0.2) is 9.59 Å². The van der Waals surface area contributed by atoms with E-state index in [1.54, 1.807) is 32.2 Å². The number of aliphatic hydroxyl groups is 1. The van der Waals surface area contributed by atoms with E-state index in [0.29, 0.717) is 5.69 Å². The highest BCUT2D eigenvalue weighted by Crippen LogP contribution is 2.60. The minimum Gasteiger partial charge on any atom is -0.457 e. The first-order valence-corrected chi connectivity index (χ1v) is 12.9. The Morgan fingerprint density at radius 3 is 2.68 bits per heavy atom. The molecule has 2 N–H and O–H groups in total. The first-order valence-electron chi connectivity index (χ1n) is 12.9. The molecule has 2 aliphatic carbocycles. The molecule has 1 aromatic rings. The number of ketones is 1. The highest BCUT2D eigenvalue weighted by Gasteiger charge is 2.69. The Morgan fingerprint density at radius 1 is 1.27 bits per heavy atom. The standard InChI is InChI=1S/C28H35NO8/c1-13-11-14(2)28-17(12-20(34-5)27(33)35-23(13)16(4)30)8-9-18-21(28)22(31)15(3)24(25(18)37-28)36-26(32)19-7-6-10-29-19/h6-11,13,15-18,20-21,23-25,29-30H,12H2,1-5H3/b14-11+/t13-,15-,16?,17-,18-,20+,21+,23+,24-,25-,28+/m1/s1. The summed E-state index contributed by atoms with van der Waals surface area (Å²) in [7, 11) is 1.44. The molecule has 9 nitrogen and oxygen atoms in total. The average molecular weight is 514 g/mol. The number of H-pyrrole nitrogens is 1. The monoisotopic (exact) mass is 513 g/mol. The molecule has 37 heavy (non-hydrogen) atoms. The van der Waals surface area contributed by atoms with Crippen LogP contribution in [0.15, 0.2) is 42.1 Å². The Bertz CT molecular complexity index is 1120. The van der Waals surface area contributed by atoms with Crippen molar-refractivity contribution >= 4 is 17.7 Å². The molecule has 2 aliphatic heterocycles. The second kappa shape index (κ2) is 9.53. The number of hydrogen-bond donors (Lipinski definition) is 2. The Kier molecular flexibility index (Phi) is 6.66. The lowest BCUT2D eigenvalue weighted by Crippen LogP contribution is -2.55. The van der Waals surface area contributed by atoms with E-state index in [1.807, 2.05) is 32.1 Å². The van der Waals surface area contributed by atoms with Crippen LogP contribution in [0.25, 0.3) is 0 Å². The molecule has 0 amide bonds. The van der Waals surface area contributed by atoms with Crippen molar-refractivity contribution in [1.82, 2.24) is 4.98 Å². The number of cyclic esters (lactones) is 1. The second-order valence-corrected chi connectivity index (χ2v) is 10.9. The molecule has 1 saturated carbocycles. The number of rotatable bonds is 4. The van der Waals surface area contributed by atoms with E-state index in [2.05, 4.69) is 4.98 Å². The van der Waals surface area contributed by atoms with Crippen LogP contribution in [0.5, 0.6) is 0 Å². The molecule has 9 heteroatoms. The number of nitrogens with one attached hydrogen (secondary N) is 1. The van der Waals surface area contributed by atoms with Gasteiger partial charge < -0.3 is 29.0 Å². The van der Waals surface area contributed by atoms with Crippen molar-refractivity contribution in [3.63, 3.8) is 0 Å². The van der Waals surface area contributed by atoms with Crippen LogP contribution in [0.3, 0.4) is 0 Å². The molecule has 3 heterocycles. The van der Waals surface area contributed by atoms with Gasteiger partial charge in [-0.15, -0.1) is 0 Å². The van der Waals surface area contributed by atoms with Gasteiger partial charge in [0.1, 0.15) is 35.4 Å². The molecule has 1 aromatic heterocycles. The summed E-state index contributed by atoms with van der Waals surface area (Å²) in [6.07, 6.45) is 3.92. The highest BCUT2D eigenvalue weighted by atomic mass is 16.6. The maximum absolute atomic E-state index is 14.0. The summed E-state index contributed by atoms with van der Waals surface area (Å²) in [4.78, 5) is 42.7. The molecule has 1 unspecified atom stereocenters. The largest absolute Gasteiger partial charge is 0.457 e. The number of methoxy groups -OCH3 is 1. The van der Waals surface area contributed by atoms with E-state index in [4.69, 9.17) is 18.9 Å². The van der Waals surface area contributed by atoms with Crippen molar-refractivity contribution in [3.8, 4) is 0 Å². The summed E-state index contributed by atoms with van der Waals surface area (Å²) in [6, 6.07) is 3.33. The van der Waals surface area contributed by atoms with Gasteiger partial charge >= 0.3 is 11.9 Å². The van der Waals surface area contributed by atoms with E-state index in [9.17, 15) is 19.5 Å². The Balaban J connectivity index is 1.58. The molecule has 11 atom stereocenters. The zero-order valence-corrected chi connectivity index (χ0v) is 21.7. The molecule has 2 fully saturated rings. The third kappa shape index (κ3) is 3.99.